The third-order valence-corrected chi connectivity index (χ3v) is 5.65. The molecule has 150 valence electrons. The van der Waals surface area contributed by atoms with Gasteiger partial charge in [0.15, 0.2) is 5.11 Å². The van der Waals surface area contributed by atoms with Crippen LogP contribution in [0.2, 0.25) is 0 Å². The lowest BCUT2D eigenvalue weighted by Crippen LogP contribution is -2.54. The largest absolute Gasteiger partial charge is 0.317 e. The van der Waals surface area contributed by atoms with Crippen molar-refractivity contribution < 1.29 is 9.59 Å². The molecule has 0 saturated carbocycles. The molecule has 5 nitrogen and oxygen atoms in total. The summed E-state index contributed by atoms with van der Waals surface area (Å²) in [7, 11) is 0. The molecular formula is C24H21N3O2S. The maximum atomic E-state index is 13.3. The molecule has 0 unspecified atom stereocenters. The maximum Gasteiger partial charge on any atom is 0.270 e. The molecule has 1 N–H and O–H groups in total. The van der Waals surface area contributed by atoms with Gasteiger partial charge in [0.1, 0.15) is 5.57 Å². The fourth-order valence-corrected chi connectivity index (χ4v) is 3.84. The molecule has 0 atom stereocenters. The number of carbonyl (C=O) groups is 2. The van der Waals surface area contributed by atoms with E-state index in [1.165, 1.54) is 10.5 Å². The van der Waals surface area contributed by atoms with Crippen LogP contribution < -0.4 is 10.2 Å². The third kappa shape index (κ3) is 3.35. The third-order valence-electron chi connectivity index (χ3n) is 5.37. The predicted molar refractivity (Wildman–Crippen MR) is 123 cm³/mol. The van der Waals surface area contributed by atoms with E-state index in [9.17, 15) is 9.59 Å². The highest BCUT2D eigenvalue weighted by atomic mass is 32.1. The highest BCUT2D eigenvalue weighted by Crippen LogP contribution is 2.26. The first kappa shape index (κ1) is 19.8. The van der Waals surface area contributed by atoms with Crippen LogP contribution in [0.3, 0.4) is 0 Å². The van der Waals surface area contributed by atoms with E-state index < -0.39 is 11.8 Å². The molecule has 1 aliphatic heterocycles. The molecular weight excluding hydrogens is 394 g/mol. The average molecular weight is 416 g/mol. The Morgan fingerprint density at radius 2 is 1.57 bits per heavy atom. The zero-order valence-corrected chi connectivity index (χ0v) is 17.8. The fraction of sp³-hybridized carbons (Fsp3) is 0.125. The molecule has 2 heterocycles. The van der Waals surface area contributed by atoms with Crippen LogP contribution in [-0.2, 0) is 9.59 Å². The minimum atomic E-state index is -0.497. The van der Waals surface area contributed by atoms with Gasteiger partial charge in [0.25, 0.3) is 11.8 Å². The van der Waals surface area contributed by atoms with Crippen LogP contribution in [0, 0.1) is 20.8 Å². The standard InChI is InChI=1S/C24H21N3O2S/c1-15-9-6-12-21(17(15)3)26-13-7-10-18(26)14-19-22(28)25-24(30)27(23(19)29)20-11-5-4-8-16(20)2/h4-14H,1-3H3,(H,25,28,30)/b19-14+. The van der Waals surface area contributed by atoms with Crippen molar-refractivity contribution in [2.24, 2.45) is 0 Å². The molecule has 2 amide bonds. The van der Waals surface area contributed by atoms with Crippen LogP contribution in [0.15, 0.2) is 66.4 Å². The predicted octanol–water partition coefficient (Wildman–Crippen LogP) is 4.23. The number of hydrogen-bond donors (Lipinski definition) is 1. The molecule has 1 aliphatic rings. The molecule has 4 rings (SSSR count). The highest BCUT2D eigenvalue weighted by Gasteiger charge is 2.35. The number of nitrogens with zero attached hydrogens (tertiary/aromatic N) is 2. The van der Waals surface area contributed by atoms with Crippen LogP contribution >= 0.6 is 12.2 Å². The summed E-state index contributed by atoms with van der Waals surface area (Å²) < 4.78 is 1.97. The summed E-state index contributed by atoms with van der Waals surface area (Å²) in [6.07, 6.45) is 3.54. The average Bonchev–Trinajstić information content (AvgIpc) is 3.16. The Morgan fingerprint density at radius 3 is 2.33 bits per heavy atom. The van der Waals surface area contributed by atoms with Crippen LogP contribution in [0.5, 0.6) is 0 Å². The maximum absolute atomic E-state index is 13.3. The van der Waals surface area contributed by atoms with Crippen LogP contribution in [0.25, 0.3) is 11.8 Å². The van der Waals surface area contributed by atoms with E-state index in [1.54, 1.807) is 6.08 Å². The van der Waals surface area contributed by atoms with Gasteiger partial charge in [-0.3, -0.25) is 19.8 Å². The van der Waals surface area contributed by atoms with Gasteiger partial charge in [-0.1, -0.05) is 30.3 Å². The second kappa shape index (κ2) is 7.72. The Labute approximate surface area is 180 Å². The lowest BCUT2D eigenvalue weighted by molar-refractivity contribution is -0.122. The molecule has 0 spiro atoms. The van der Waals surface area contributed by atoms with Gasteiger partial charge < -0.3 is 4.57 Å². The number of carbonyl (C=O) groups excluding carboxylic acids is 2. The Balaban J connectivity index is 1.79. The molecule has 2 aromatic carbocycles. The number of para-hydroxylation sites is 1. The Kier molecular flexibility index (Phi) is 5.10. The smallest absolute Gasteiger partial charge is 0.270 e. The van der Waals surface area contributed by atoms with Crippen LogP contribution in [-0.4, -0.2) is 21.5 Å². The molecule has 6 heteroatoms. The fourth-order valence-electron chi connectivity index (χ4n) is 3.57. The topological polar surface area (TPSA) is 54.3 Å². The van der Waals surface area contributed by atoms with Crippen LogP contribution in [0.1, 0.15) is 22.4 Å². The van der Waals surface area contributed by atoms with Crippen molar-refractivity contribution in [2.45, 2.75) is 20.8 Å². The SMILES string of the molecule is Cc1ccccc1N1C(=O)/C(=C/c2cccn2-c2cccc(C)c2C)C(=O)NC1=S. The minimum Gasteiger partial charge on any atom is -0.317 e. The van der Waals surface area contributed by atoms with E-state index >= 15 is 0 Å². The van der Waals surface area contributed by atoms with Crippen molar-refractivity contribution >= 4 is 40.9 Å². The van der Waals surface area contributed by atoms with Crippen molar-refractivity contribution in [3.05, 3.63) is 88.8 Å². The molecule has 0 aliphatic carbocycles. The molecule has 0 radical (unpaired) electrons. The van der Waals surface area contributed by atoms with Crippen molar-refractivity contribution in [2.75, 3.05) is 4.90 Å². The van der Waals surface area contributed by atoms with Gasteiger partial charge in [-0.15, -0.1) is 0 Å². The number of benzene rings is 2. The summed E-state index contributed by atoms with van der Waals surface area (Å²) in [6.45, 7) is 6.01. The first-order valence-corrected chi connectivity index (χ1v) is 10.0. The Hall–Kier alpha value is -3.51. The van der Waals surface area contributed by atoms with Crippen molar-refractivity contribution in [3.63, 3.8) is 0 Å². The Morgan fingerprint density at radius 1 is 0.867 bits per heavy atom. The Bertz CT molecular complexity index is 1220. The van der Waals surface area contributed by atoms with Gasteiger partial charge in [0.05, 0.1) is 5.69 Å². The second-order valence-electron chi connectivity index (χ2n) is 7.27. The van der Waals surface area contributed by atoms with Gasteiger partial charge in [-0.25, -0.2) is 0 Å². The zero-order chi connectivity index (χ0) is 21.4. The first-order chi connectivity index (χ1) is 14.4. The molecule has 30 heavy (non-hydrogen) atoms. The molecule has 3 aromatic rings. The van der Waals surface area contributed by atoms with Crippen molar-refractivity contribution in [1.82, 2.24) is 9.88 Å². The quantitative estimate of drug-likeness (QED) is 0.396. The summed E-state index contributed by atoms with van der Waals surface area (Å²) in [4.78, 5) is 27.3. The summed E-state index contributed by atoms with van der Waals surface area (Å²) in [6, 6.07) is 17.3. The van der Waals surface area contributed by atoms with Crippen molar-refractivity contribution in [1.29, 1.82) is 0 Å². The van der Waals surface area contributed by atoms with E-state index in [4.69, 9.17) is 12.2 Å². The number of amides is 2. The molecule has 1 saturated heterocycles. The summed E-state index contributed by atoms with van der Waals surface area (Å²) in [5, 5.41) is 2.73. The highest BCUT2D eigenvalue weighted by molar-refractivity contribution is 7.80. The van der Waals surface area contributed by atoms with Gasteiger partial charge in [-0.05, 0) is 80.0 Å². The van der Waals surface area contributed by atoms with Gasteiger partial charge >= 0.3 is 0 Å². The summed E-state index contributed by atoms with van der Waals surface area (Å²) >= 11 is 5.30. The lowest BCUT2D eigenvalue weighted by Gasteiger charge is -2.30. The van der Waals surface area contributed by atoms with Crippen molar-refractivity contribution in [3.8, 4) is 5.69 Å². The summed E-state index contributed by atoms with van der Waals surface area (Å²) in [5.41, 5.74) is 5.63. The van der Waals surface area contributed by atoms with E-state index in [0.717, 1.165) is 22.5 Å². The number of anilines is 1. The minimum absolute atomic E-state index is 0.0390. The number of nitrogens with one attached hydrogen (secondary N) is 1. The number of rotatable bonds is 3. The number of thiocarbonyl (C=S) groups is 1. The number of aromatic nitrogens is 1. The number of aryl methyl sites for hydroxylation is 2. The van der Waals surface area contributed by atoms with E-state index in [0.29, 0.717) is 5.69 Å². The van der Waals surface area contributed by atoms with E-state index in [2.05, 4.69) is 25.2 Å². The molecule has 1 fully saturated rings. The summed E-state index contributed by atoms with van der Waals surface area (Å²) in [5.74, 6) is -0.935. The van der Waals surface area contributed by atoms with E-state index in [1.807, 2.05) is 66.2 Å². The van der Waals surface area contributed by atoms with Crippen LogP contribution in [0.4, 0.5) is 5.69 Å². The van der Waals surface area contributed by atoms with Gasteiger partial charge in [-0.2, -0.15) is 0 Å². The number of hydrogen-bond acceptors (Lipinski definition) is 3. The normalized spacial score (nSPS) is 15.6. The lowest BCUT2D eigenvalue weighted by atomic mass is 10.1. The van der Waals surface area contributed by atoms with Gasteiger partial charge in [0.2, 0.25) is 0 Å². The van der Waals surface area contributed by atoms with E-state index in [-0.39, 0.29) is 10.7 Å². The first-order valence-electron chi connectivity index (χ1n) is 9.59. The molecule has 1 aromatic heterocycles. The second-order valence-corrected chi connectivity index (χ2v) is 7.65. The zero-order valence-electron chi connectivity index (χ0n) is 17.0. The molecule has 0 bridgehead atoms. The van der Waals surface area contributed by atoms with Gasteiger partial charge in [0, 0.05) is 17.6 Å². The monoisotopic (exact) mass is 415 g/mol.